The average Bonchev–Trinajstić information content (AvgIpc) is 3.05. The summed E-state index contributed by atoms with van der Waals surface area (Å²) in [5.74, 6) is -3.31. The molecule has 2 fully saturated rings. The van der Waals surface area contributed by atoms with E-state index in [9.17, 15) is 29.1 Å². The fourth-order valence-corrected chi connectivity index (χ4v) is 6.57. The predicted octanol–water partition coefficient (Wildman–Crippen LogP) is 1.50. The molecule has 2 aliphatic rings. The number of carbonyl (C=O) groups excluding carboxylic acids is 5. The summed E-state index contributed by atoms with van der Waals surface area (Å²) in [5, 5.41) is 21.4. The fourth-order valence-electron chi connectivity index (χ4n) is 6.57. The first-order chi connectivity index (χ1) is 22.4. The summed E-state index contributed by atoms with van der Waals surface area (Å²) in [7, 11) is 1.62. The Morgan fingerprint density at radius 3 is 2.13 bits per heavy atom. The second kappa shape index (κ2) is 20.6. The molecule has 13 nitrogen and oxygen atoms in total. The number of nitrogens with zero attached hydrogens (tertiary/aromatic N) is 1. The Hall–Kier alpha value is -2.77. The van der Waals surface area contributed by atoms with Gasteiger partial charge in [-0.2, -0.15) is 0 Å². The van der Waals surface area contributed by atoms with Gasteiger partial charge in [0.2, 0.25) is 29.5 Å². The minimum Gasteiger partial charge on any atom is -0.391 e. The monoisotopic (exact) mass is 666 g/mol. The topological polar surface area (TPSA) is 192 Å². The van der Waals surface area contributed by atoms with Crippen LogP contribution >= 0.6 is 0 Å². The second-order valence-corrected chi connectivity index (χ2v) is 13.6. The minimum absolute atomic E-state index is 0.0927. The predicted molar refractivity (Wildman–Crippen MR) is 180 cm³/mol. The van der Waals surface area contributed by atoms with Crippen molar-refractivity contribution in [2.24, 2.45) is 17.6 Å². The van der Waals surface area contributed by atoms with E-state index in [1.807, 2.05) is 6.92 Å². The molecule has 2 rings (SSSR count). The van der Waals surface area contributed by atoms with Gasteiger partial charge in [0.05, 0.1) is 24.7 Å². The maximum Gasteiger partial charge on any atom is 0.245 e. The Morgan fingerprint density at radius 1 is 0.851 bits per heavy atom. The third-order valence-electron chi connectivity index (χ3n) is 9.55. The first-order valence-electron chi connectivity index (χ1n) is 17.8. The molecule has 1 aliphatic heterocycles. The molecular weight excluding hydrogens is 604 g/mol. The third-order valence-corrected chi connectivity index (χ3v) is 9.55. The fraction of sp³-hybridized carbons (Fsp3) is 0.853. The Morgan fingerprint density at radius 2 is 1.53 bits per heavy atom. The van der Waals surface area contributed by atoms with Crippen LogP contribution in [0, 0.1) is 11.8 Å². The highest BCUT2D eigenvalue weighted by atomic mass is 16.5. The van der Waals surface area contributed by atoms with Crippen molar-refractivity contribution in [2.75, 3.05) is 20.2 Å². The van der Waals surface area contributed by atoms with Gasteiger partial charge in [-0.1, -0.05) is 72.1 Å². The van der Waals surface area contributed by atoms with Crippen molar-refractivity contribution in [2.45, 2.75) is 154 Å². The maximum atomic E-state index is 14.0. The number of unbranched alkanes of at least 4 members (excludes halogenated alkanes) is 3. The molecule has 8 atom stereocenters. The number of carbonyl (C=O) groups is 5. The molecule has 0 aromatic carbocycles. The average molecular weight is 667 g/mol. The van der Waals surface area contributed by atoms with Gasteiger partial charge in [-0.15, -0.1) is 0 Å². The van der Waals surface area contributed by atoms with E-state index in [4.69, 9.17) is 10.5 Å². The van der Waals surface area contributed by atoms with Crippen molar-refractivity contribution >= 4 is 29.5 Å². The Kier molecular flexibility index (Phi) is 17.7. The lowest BCUT2D eigenvalue weighted by atomic mass is 9.83. The molecule has 1 saturated carbocycles. The number of aliphatic hydroxyl groups is 1. The lowest BCUT2D eigenvalue weighted by molar-refractivity contribution is -0.147. The largest absolute Gasteiger partial charge is 0.391 e. The first-order valence-corrected chi connectivity index (χ1v) is 17.8. The van der Waals surface area contributed by atoms with E-state index in [2.05, 4.69) is 28.2 Å². The van der Waals surface area contributed by atoms with Crippen LogP contribution in [0.2, 0.25) is 0 Å². The van der Waals surface area contributed by atoms with E-state index >= 15 is 0 Å². The summed E-state index contributed by atoms with van der Waals surface area (Å²) >= 11 is 0. The van der Waals surface area contributed by atoms with E-state index < -0.39 is 72.0 Å². The van der Waals surface area contributed by atoms with Gasteiger partial charge in [0, 0.05) is 19.6 Å². The highest BCUT2D eigenvalue weighted by Crippen LogP contribution is 2.27. The molecule has 1 aliphatic carbocycles. The van der Waals surface area contributed by atoms with E-state index in [1.54, 1.807) is 20.9 Å². The number of nitrogens with one attached hydrogen (secondary N) is 4. The number of ether oxygens (including phenoxy) is 1. The van der Waals surface area contributed by atoms with Crippen LogP contribution < -0.4 is 27.0 Å². The molecule has 1 heterocycles. The molecular formula is C34H62N6O7. The molecule has 270 valence electrons. The van der Waals surface area contributed by atoms with Gasteiger partial charge in [-0.25, -0.2) is 0 Å². The third kappa shape index (κ3) is 12.3. The summed E-state index contributed by atoms with van der Waals surface area (Å²) in [4.78, 5) is 69.7. The van der Waals surface area contributed by atoms with E-state index in [0.29, 0.717) is 19.3 Å². The van der Waals surface area contributed by atoms with Crippen LogP contribution in [0.25, 0.3) is 0 Å². The Labute approximate surface area is 281 Å². The molecule has 0 bridgehead atoms. The van der Waals surface area contributed by atoms with Gasteiger partial charge in [0.1, 0.15) is 24.2 Å². The Balaban J connectivity index is 2.52. The van der Waals surface area contributed by atoms with Crippen LogP contribution in [-0.4, -0.2) is 102 Å². The zero-order chi connectivity index (χ0) is 35.1. The zero-order valence-electron chi connectivity index (χ0n) is 29.5. The lowest BCUT2D eigenvalue weighted by Gasteiger charge is -2.35. The van der Waals surface area contributed by atoms with Crippen LogP contribution in [0.3, 0.4) is 0 Å². The van der Waals surface area contributed by atoms with Crippen molar-refractivity contribution in [3.8, 4) is 0 Å². The van der Waals surface area contributed by atoms with Crippen molar-refractivity contribution < 1.29 is 33.8 Å². The molecule has 47 heavy (non-hydrogen) atoms. The number of nitrogens with two attached hydrogens (primary N) is 1. The van der Waals surface area contributed by atoms with Gasteiger partial charge in [0.25, 0.3) is 0 Å². The molecule has 0 aromatic rings. The number of aliphatic hydroxyl groups excluding tert-OH is 1. The van der Waals surface area contributed by atoms with Gasteiger partial charge in [-0.3, -0.25) is 24.0 Å². The molecule has 0 unspecified atom stereocenters. The number of amides is 5. The minimum atomic E-state index is -1.32. The molecule has 7 N–H and O–H groups in total. The van der Waals surface area contributed by atoms with E-state index in [1.165, 1.54) is 11.8 Å². The van der Waals surface area contributed by atoms with Crippen LogP contribution in [0.4, 0.5) is 0 Å². The summed E-state index contributed by atoms with van der Waals surface area (Å²) in [5.41, 5.74) is 5.91. The summed E-state index contributed by atoms with van der Waals surface area (Å²) in [6.07, 6.45) is 8.21. The summed E-state index contributed by atoms with van der Waals surface area (Å²) in [6, 6.07) is -4.80. The van der Waals surface area contributed by atoms with Crippen molar-refractivity contribution in [3.05, 3.63) is 0 Å². The standard InChI is InChI=1S/C34H62N6O7/c1-7-9-10-14-18-27-22(4)34(46)40(6)26(15-8-2)31(43)39-29(24-16-12-11-13-17-24)33(45)37-25(19-35)30(42)38-28(23(5)41)32(44)36-21(3)20-47-27/h21-29,41H,7-20,35H2,1-6H3,(H,36,44)(H,37,45)(H,38,42)(H,39,43)/t21-,22-,23+,25+,26+,27-,28+,29+/m1/s1. The molecule has 0 spiro atoms. The lowest BCUT2D eigenvalue weighted by Crippen LogP contribution is -2.62. The van der Waals surface area contributed by atoms with Gasteiger partial charge >= 0.3 is 0 Å². The van der Waals surface area contributed by atoms with E-state index in [0.717, 1.165) is 57.8 Å². The SMILES string of the molecule is CCCCCC[C@H]1OC[C@@H](C)NC(=O)[C@H]([C@H](C)O)NC(=O)[C@H](CN)NC(=O)[C@H](C2CCCCC2)NC(=O)[C@H](CCC)N(C)C(=O)[C@@H]1C. The number of hydrogen-bond donors (Lipinski definition) is 6. The van der Waals surface area contributed by atoms with Crippen molar-refractivity contribution in [3.63, 3.8) is 0 Å². The smallest absolute Gasteiger partial charge is 0.245 e. The molecule has 1 saturated heterocycles. The number of rotatable bonds is 10. The first kappa shape index (κ1) is 40.4. The van der Waals surface area contributed by atoms with Crippen LogP contribution in [0.1, 0.15) is 112 Å². The van der Waals surface area contributed by atoms with Gasteiger partial charge in [0.15, 0.2) is 0 Å². The van der Waals surface area contributed by atoms with Crippen LogP contribution in [0.15, 0.2) is 0 Å². The normalized spacial score (nSPS) is 30.7. The zero-order valence-corrected chi connectivity index (χ0v) is 29.5. The van der Waals surface area contributed by atoms with Gasteiger partial charge in [-0.05, 0) is 45.4 Å². The molecule has 0 radical (unpaired) electrons. The maximum absolute atomic E-state index is 14.0. The quantitative estimate of drug-likeness (QED) is 0.189. The van der Waals surface area contributed by atoms with Crippen LogP contribution in [-0.2, 0) is 28.7 Å². The summed E-state index contributed by atoms with van der Waals surface area (Å²) < 4.78 is 6.28. The number of likely N-dealkylation sites (N-methyl/N-ethyl adjacent to an activating group) is 1. The Bertz CT molecular complexity index is 1020. The van der Waals surface area contributed by atoms with E-state index in [-0.39, 0.29) is 25.0 Å². The van der Waals surface area contributed by atoms with Crippen molar-refractivity contribution in [1.29, 1.82) is 0 Å². The summed E-state index contributed by atoms with van der Waals surface area (Å²) in [6.45, 7) is 8.82. The van der Waals surface area contributed by atoms with Gasteiger partial charge < -0.3 is 41.7 Å². The van der Waals surface area contributed by atoms with Crippen LogP contribution in [0.5, 0.6) is 0 Å². The highest BCUT2D eigenvalue weighted by Gasteiger charge is 2.38. The second-order valence-electron chi connectivity index (χ2n) is 13.6. The molecule has 13 heteroatoms. The molecule has 0 aromatic heterocycles. The number of hydrogen-bond acceptors (Lipinski definition) is 8. The highest BCUT2D eigenvalue weighted by molar-refractivity contribution is 5.96. The van der Waals surface area contributed by atoms with Crippen molar-refractivity contribution in [1.82, 2.24) is 26.2 Å². The molecule has 5 amide bonds.